The third-order valence-corrected chi connectivity index (χ3v) is 6.10. The molecule has 1 aromatic carbocycles. The molecule has 2 fully saturated rings. The highest BCUT2D eigenvalue weighted by Gasteiger charge is 2.40. The van der Waals surface area contributed by atoms with E-state index in [1.165, 1.54) is 13.0 Å². The lowest BCUT2D eigenvalue weighted by Crippen LogP contribution is -2.54. The number of likely N-dealkylation sites (tertiary alicyclic amines) is 1. The van der Waals surface area contributed by atoms with Crippen LogP contribution in [0.2, 0.25) is 0 Å². The molecule has 2 aliphatic heterocycles. The van der Waals surface area contributed by atoms with Gasteiger partial charge in [-0.25, -0.2) is 13.6 Å². The van der Waals surface area contributed by atoms with Gasteiger partial charge in [-0.15, -0.1) is 0 Å². The molecule has 6 nitrogen and oxygen atoms in total. The molecule has 2 aromatic rings. The number of halogens is 2. The number of carbonyl (C=O) groups excluding carboxylic acids is 1. The number of H-pyrrole nitrogens is 1. The van der Waals surface area contributed by atoms with Crippen molar-refractivity contribution in [3.8, 4) is 0 Å². The number of aryl methyl sites for hydroxylation is 1. The topological polar surface area (TPSA) is 67.3 Å². The zero-order chi connectivity index (χ0) is 19.3. The van der Waals surface area contributed by atoms with Crippen LogP contribution in [0.4, 0.5) is 8.78 Å². The van der Waals surface area contributed by atoms with Gasteiger partial charge in [0.05, 0.1) is 18.5 Å². The summed E-state index contributed by atoms with van der Waals surface area (Å²) in [5.74, 6) is -2.11. The lowest BCUT2D eigenvalue weighted by atomic mass is 9.87. The molecule has 2 aliphatic rings. The molecule has 1 atom stereocenters. The zero-order valence-corrected chi connectivity index (χ0v) is 15.5. The van der Waals surface area contributed by atoms with Crippen molar-refractivity contribution in [2.45, 2.75) is 51.1 Å². The standard InChI is InChI=1S/C19H23F2N3O3/c1-11-9-13-17(16(21)15(11)20)22-18(26)24(13)12-3-6-23(7-4-12)19(2)5-8-27-14(25)10-19/h9,12H,3-8,10H2,1-2H3,(H,22,26). The van der Waals surface area contributed by atoms with E-state index in [1.54, 1.807) is 4.57 Å². The Morgan fingerprint density at radius 3 is 2.59 bits per heavy atom. The molecule has 0 amide bonds. The third kappa shape index (κ3) is 2.96. The summed E-state index contributed by atoms with van der Waals surface area (Å²) in [5, 5.41) is 0. The van der Waals surface area contributed by atoms with E-state index in [-0.39, 0.29) is 28.6 Å². The fourth-order valence-corrected chi connectivity index (χ4v) is 4.45. The molecule has 0 spiro atoms. The molecule has 8 heteroatoms. The van der Waals surface area contributed by atoms with E-state index in [0.29, 0.717) is 31.4 Å². The molecule has 4 rings (SSSR count). The third-order valence-electron chi connectivity index (χ3n) is 6.10. The number of nitrogens with zero attached hydrogens (tertiary/aromatic N) is 2. The Morgan fingerprint density at radius 1 is 1.22 bits per heavy atom. The van der Waals surface area contributed by atoms with Crippen molar-refractivity contribution in [3.63, 3.8) is 0 Å². The van der Waals surface area contributed by atoms with Crippen molar-refractivity contribution in [2.75, 3.05) is 19.7 Å². The van der Waals surface area contributed by atoms with Gasteiger partial charge in [0.15, 0.2) is 11.6 Å². The number of ether oxygens (including phenoxy) is 1. The Morgan fingerprint density at radius 2 is 1.93 bits per heavy atom. The van der Waals surface area contributed by atoms with Crippen molar-refractivity contribution in [2.24, 2.45) is 0 Å². The Hall–Kier alpha value is -2.22. The Bertz CT molecular complexity index is 959. The largest absolute Gasteiger partial charge is 0.466 e. The quantitative estimate of drug-likeness (QED) is 0.815. The number of benzene rings is 1. The summed E-state index contributed by atoms with van der Waals surface area (Å²) in [6, 6.07) is 1.43. The van der Waals surface area contributed by atoms with Gasteiger partial charge in [0.25, 0.3) is 0 Å². The van der Waals surface area contributed by atoms with Crippen LogP contribution in [0.15, 0.2) is 10.9 Å². The maximum atomic E-state index is 14.2. The minimum absolute atomic E-state index is 0.0764. The van der Waals surface area contributed by atoms with Gasteiger partial charge in [0.2, 0.25) is 0 Å². The number of imidazole rings is 1. The van der Waals surface area contributed by atoms with Gasteiger partial charge in [-0.3, -0.25) is 14.3 Å². The average Bonchev–Trinajstić information content (AvgIpc) is 2.96. The number of fused-ring (bicyclic) bond motifs is 1. The Kier molecular flexibility index (Phi) is 4.33. The molecular weight excluding hydrogens is 356 g/mol. The minimum atomic E-state index is -1.01. The first-order valence-electron chi connectivity index (χ1n) is 9.29. The van der Waals surface area contributed by atoms with Crippen molar-refractivity contribution in [1.29, 1.82) is 0 Å². The summed E-state index contributed by atoms with van der Waals surface area (Å²) in [5.41, 5.74) is -0.134. The Labute approximate surface area is 155 Å². The van der Waals surface area contributed by atoms with Crippen molar-refractivity contribution < 1.29 is 18.3 Å². The lowest BCUT2D eigenvalue weighted by Gasteiger charge is -2.46. The smallest absolute Gasteiger partial charge is 0.326 e. The highest BCUT2D eigenvalue weighted by molar-refractivity contribution is 5.77. The summed E-state index contributed by atoms with van der Waals surface area (Å²) < 4.78 is 34.6. The number of nitrogens with one attached hydrogen (secondary N) is 1. The van der Waals surface area contributed by atoms with Gasteiger partial charge in [0.1, 0.15) is 5.52 Å². The first-order valence-corrected chi connectivity index (χ1v) is 9.29. The van der Waals surface area contributed by atoms with Crippen LogP contribution in [-0.4, -0.2) is 45.7 Å². The van der Waals surface area contributed by atoms with E-state index in [4.69, 9.17) is 4.74 Å². The molecule has 146 valence electrons. The first-order chi connectivity index (χ1) is 12.8. The molecule has 3 heterocycles. The number of aromatic amines is 1. The second kappa shape index (κ2) is 6.44. The lowest BCUT2D eigenvalue weighted by molar-refractivity contribution is -0.154. The van der Waals surface area contributed by atoms with Gasteiger partial charge >= 0.3 is 11.7 Å². The molecule has 0 bridgehead atoms. The van der Waals surface area contributed by atoms with Gasteiger partial charge in [0, 0.05) is 31.1 Å². The maximum Gasteiger partial charge on any atom is 0.326 e. The number of rotatable bonds is 2. The number of hydrogen-bond donors (Lipinski definition) is 1. The number of hydrogen-bond acceptors (Lipinski definition) is 4. The van der Waals surface area contributed by atoms with E-state index in [1.807, 2.05) is 0 Å². The van der Waals surface area contributed by atoms with Crippen LogP contribution in [0.25, 0.3) is 11.0 Å². The predicted molar refractivity (Wildman–Crippen MR) is 95.7 cm³/mol. The van der Waals surface area contributed by atoms with E-state index in [2.05, 4.69) is 16.8 Å². The summed E-state index contributed by atoms with van der Waals surface area (Å²) in [4.78, 5) is 28.9. The highest BCUT2D eigenvalue weighted by Crippen LogP contribution is 2.34. The fourth-order valence-electron chi connectivity index (χ4n) is 4.45. The van der Waals surface area contributed by atoms with Gasteiger partial charge in [-0.1, -0.05) is 0 Å². The summed E-state index contributed by atoms with van der Waals surface area (Å²) in [6.45, 7) is 5.46. The summed E-state index contributed by atoms with van der Waals surface area (Å²) in [7, 11) is 0. The van der Waals surface area contributed by atoms with Crippen LogP contribution in [0.3, 0.4) is 0 Å². The molecular formula is C19H23F2N3O3. The predicted octanol–water partition coefficient (Wildman–Crippen LogP) is 2.65. The zero-order valence-electron chi connectivity index (χ0n) is 15.5. The van der Waals surface area contributed by atoms with E-state index in [9.17, 15) is 18.4 Å². The molecule has 1 unspecified atom stereocenters. The van der Waals surface area contributed by atoms with Crippen molar-refractivity contribution in [3.05, 3.63) is 33.7 Å². The second-order valence-electron chi connectivity index (χ2n) is 7.88. The van der Waals surface area contributed by atoms with Crippen molar-refractivity contribution >= 4 is 17.0 Å². The number of cyclic esters (lactones) is 1. The number of aromatic nitrogens is 2. The van der Waals surface area contributed by atoms with Crippen LogP contribution in [0.1, 0.15) is 44.2 Å². The van der Waals surface area contributed by atoms with E-state index in [0.717, 1.165) is 19.5 Å². The normalized spacial score (nSPS) is 25.1. The van der Waals surface area contributed by atoms with Crippen LogP contribution >= 0.6 is 0 Å². The molecule has 0 radical (unpaired) electrons. The molecule has 1 N–H and O–H groups in total. The highest BCUT2D eigenvalue weighted by atomic mass is 19.2. The second-order valence-corrected chi connectivity index (χ2v) is 7.88. The number of piperidine rings is 1. The van der Waals surface area contributed by atoms with Crippen LogP contribution in [0, 0.1) is 18.6 Å². The molecule has 1 aromatic heterocycles. The van der Waals surface area contributed by atoms with Gasteiger partial charge in [-0.2, -0.15) is 0 Å². The van der Waals surface area contributed by atoms with Crippen LogP contribution < -0.4 is 5.69 Å². The van der Waals surface area contributed by atoms with Crippen LogP contribution in [-0.2, 0) is 9.53 Å². The van der Waals surface area contributed by atoms with E-state index < -0.39 is 17.3 Å². The van der Waals surface area contributed by atoms with Gasteiger partial charge < -0.3 is 9.72 Å². The number of esters is 1. The summed E-state index contributed by atoms with van der Waals surface area (Å²) in [6.07, 6.45) is 2.57. The first kappa shape index (κ1) is 18.2. The SMILES string of the molecule is Cc1cc2c([nH]c(=O)n2C2CCN(C3(C)CCOC(=O)C3)CC2)c(F)c1F. The molecule has 0 saturated carbocycles. The molecule has 0 aliphatic carbocycles. The Balaban J connectivity index is 1.59. The monoisotopic (exact) mass is 379 g/mol. The average molecular weight is 379 g/mol. The molecule has 2 saturated heterocycles. The fraction of sp³-hybridized carbons (Fsp3) is 0.579. The summed E-state index contributed by atoms with van der Waals surface area (Å²) >= 11 is 0. The number of carbonyl (C=O) groups is 1. The van der Waals surface area contributed by atoms with Gasteiger partial charge in [-0.05, 0) is 38.3 Å². The minimum Gasteiger partial charge on any atom is -0.466 e. The van der Waals surface area contributed by atoms with E-state index >= 15 is 0 Å². The van der Waals surface area contributed by atoms with Crippen molar-refractivity contribution in [1.82, 2.24) is 14.5 Å². The van der Waals surface area contributed by atoms with Crippen LogP contribution in [0.5, 0.6) is 0 Å². The maximum absolute atomic E-state index is 14.2. The molecule has 27 heavy (non-hydrogen) atoms.